The number of nitrogens with zero attached hydrogens (tertiary/aromatic N) is 3. The van der Waals surface area contributed by atoms with Gasteiger partial charge in [0.1, 0.15) is 5.01 Å². The minimum Gasteiger partial charge on any atom is -0.378 e. The smallest absolute Gasteiger partial charge is 0.203 e. The molecule has 1 saturated heterocycles. The molecule has 0 amide bonds. The summed E-state index contributed by atoms with van der Waals surface area (Å²) in [6.45, 7) is 5.63. The highest BCUT2D eigenvalue weighted by Gasteiger charge is 2.22. The van der Waals surface area contributed by atoms with Gasteiger partial charge in [-0.1, -0.05) is 18.3 Å². The van der Waals surface area contributed by atoms with E-state index in [4.69, 9.17) is 10.5 Å². The van der Waals surface area contributed by atoms with Gasteiger partial charge in [-0.15, -0.1) is 10.2 Å². The van der Waals surface area contributed by atoms with Gasteiger partial charge < -0.3 is 10.5 Å². The number of nitrogens with two attached hydrogens (primary N) is 1. The Hall–Kier alpha value is -0.720. The minimum absolute atomic E-state index is 0.504. The lowest BCUT2D eigenvalue weighted by atomic mass is 10.2. The number of rotatable bonds is 3. The van der Waals surface area contributed by atoms with Gasteiger partial charge in [0, 0.05) is 12.6 Å². The largest absolute Gasteiger partial charge is 0.378 e. The van der Waals surface area contributed by atoms with Crippen LogP contribution < -0.4 is 5.73 Å². The third kappa shape index (κ3) is 2.64. The predicted molar refractivity (Wildman–Crippen MR) is 59.6 cm³/mol. The van der Waals surface area contributed by atoms with Gasteiger partial charge >= 0.3 is 0 Å². The normalized spacial score (nSPS) is 23.1. The standard InChI is InChI=1S/C9H16N4OS/c1-2-7-6-14-4-3-13(7)5-8-11-12-9(10)15-8/h7H,2-6H2,1H3,(H2,10,12). The summed E-state index contributed by atoms with van der Waals surface area (Å²) in [6.07, 6.45) is 1.11. The van der Waals surface area contributed by atoms with Crippen molar-refractivity contribution in [2.24, 2.45) is 0 Å². The van der Waals surface area contributed by atoms with Crippen LogP contribution >= 0.6 is 11.3 Å². The molecule has 2 N–H and O–H groups in total. The first kappa shape index (κ1) is 10.8. The quantitative estimate of drug-likeness (QED) is 0.826. The molecule has 1 aromatic rings. The Morgan fingerprint density at radius 3 is 3.13 bits per heavy atom. The zero-order valence-electron chi connectivity index (χ0n) is 8.85. The number of hydrogen-bond donors (Lipinski definition) is 1. The maximum atomic E-state index is 5.55. The molecule has 1 aliphatic rings. The Morgan fingerprint density at radius 2 is 2.47 bits per heavy atom. The van der Waals surface area contributed by atoms with E-state index >= 15 is 0 Å². The van der Waals surface area contributed by atoms with Crippen LogP contribution in [-0.2, 0) is 11.3 Å². The predicted octanol–water partition coefficient (Wildman–Crippen LogP) is 0.731. The van der Waals surface area contributed by atoms with Gasteiger partial charge in [0.25, 0.3) is 0 Å². The van der Waals surface area contributed by atoms with E-state index in [9.17, 15) is 0 Å². The van der Waals surface area contributed by atoms with Crippen LogP contribution in [0.3, 0.4) is 0 Å². The van der Waals surface area contributed by atoms with Gasteiger partial charge in [-0.25, -0.2) is 0 Å². The highest BCUT2D eigenvalue weighted by Crippen LogP contribution is 2.17. The molecule has 15 heavy (non-hydrogen) atoms. The summed E-state index contributed by atoms with van der Waals surface area (Å²) in [6, 6.07) is 0.504. The average Bonchev–Trinajstić information content (AvgIpc) is 2.65. The van der Waals surface area contributed by atoms with Crippen LogP contribution in [0.1, 0.15) is 18.4 Å². The van der Waals surface area contributed by atoms with E-state index in [1.54, 1.807) is 0 Å². The van der Waals surface area contributed by atoms with Crippen LogP contribution in [0.25, 0.3) is 0 Å². The maximum absolute atomic E-state index is 5.55. The lowest BCUT2D eigenvalue weighted by Gasteiger charge is -2.34. The Morgan fingerprint density at radius 1 is 1.60 bits per heavy atom. The third-order valence-corrected chi connectivity index (χ3v) is 3.38. The number of morpholine rings is 1. The zero-order chi connectivity index (χ0) is 10.7. The second-order valence-electron chi connectivity index (χ2n) is 3.64. The summed E-state index contributed by atoms with van der Waals surface area (Å²) in [4.78, 5) is 2.39. The van der Waals surface area contributed by atoms with Gasteiger partial charge in [0.15, 0.2) is 0 Å². The van der Waals surface area contributed by atoms with Crippen molar-refractivity contribution in [1.82, 2.24) is 15.1 Å². The summed E-state index contributed by atoms with van der Waals surface area (Å²) >= 11 is 1.47. The van der Waals surface area contributed by atoms with Crippen LogP contribution in [0.5, 0.6) is 0 Å². The summed E-state index contributed by atoms with van der Waals surface area (Å²) < 4.78 is 5.45. The SMILES string of the molecule is CCC1COCCN1Cc1nnc(N)s1. The van der Waals surface area contributed by atoms with Crippen LogP contribution in [0.15, 0.2) is 0 Å². The van der Waals surface area contributed by atoms with Crippen molar-refractivity contribution in [3.05, 3.63) is 5.01 Å². The first-order valence-electron chi connectivity index (χ1n) is 5.19. The van der Waals surface area contributed by atoms with E-state index in [1.165, 1.54) is 11.3 Å². The number of aromatic nitrogens is 2. The fourth-order valence-corrected chi connectivity index (χ4v) is 2.41. The van der Waals surface area contributed by atoms with E-state index in [0.717, 1.165) is 37.7 Å². The Labute approximate surface area is 93.2 Å². The molecule has 0 aromatic carbocycles. The molecule has 5 nitrogen and oxygen atoms in total. The van der Waals surface area contributed by atoms with Crippen molar-refractivity contribution in [2.45, 2.75) is 25.9 Å². The summed E-state index contributed by atoms with van der Waals surface area (Å²) in [5.74, 6) is 0. The molecule has 0 spiro atoms. The average molecular weight is 228 g/mol. The van der Waals surface area contributed by atoms with Crippen molar-refractivity contribution >= 4 is 16.5 Å². The van der Waals surface area contributed by atoms with Gasteiger partial charge in [0.05, 0.1) is 19.8 Å². The molecule has 0 bridgehead atoms. The summed E-state index contributed by atoms with van der Waals surface area (Å²) in [5.41, 5.74) is 5.55. The zero-order valence-corrected chi connectivity index (χ0v) is 9.66. The van der Waals surface area contributed by atoms with Gasteiger partial charge in [-0.2, -0.15) is 0 Å². The molecule has 0 saturated carbocycles. The first-order chi connectivity index (χ1) is 7.29. The molecule has 1 aliphatic heterocycles. The topological polar surface area (TPSA) is 64.3 Å². The first-order valence-corrected chi connectivity index (χ1v) is 6.01. The molecule has 6 heteroatoms. The van der Waals surface area contributed by atoms with Crippen LogP contribution in [0, 0.1) is 0 Å². The van der Waals surface area contributed by atoms with Crippen LogP contribution in [0.2, 0.25) is 0 Å². The lowest BCUT2D eigenvalue weighted by Crippen LogP contribution is -2.44. The molecule has 0 radical (unpaired) electrons. The second-order valence-corrected chi connectivity index (χ2v) is 4.74. The molecule has 1 aromatic heterocycles. The highest BCUT2D eigenvalue weighted by atomic mass is 32.1. The van der Waals surface area contributed by atoms with Crippen molar-refractivity contribution in [1.29, 1.82) is 0 Å². The van der Waals surface area contributed by atoms with Gasteiger partial charge in [-0.3, -0.25) is 4.90 Å². The second kappa shape index (κ2) is 4.87. The number of nitrogen functional groups attached to an aromatic ring is 1. The monoisotopic (exact) mass is 228 g/mol. The Bertz CT molecular complexity index is 317. The summed E-state index contributed by atoms with van der Waals surface area (Å²) in [5, 5.41) is 9.40. The molecule has 1 unspecified atom stereocenters. The van der Waals surface area contributed by atoms with E-state index in [1.807, 2.05) is 0 Å². The molecule has 1 atom stereocenters. The van der Waals surface area contributed by atoms with Gasteiger partial charge in [0.2, 0.25) is 5.13 Å². The van der Waals surface area contributed by atoms with E-state index in [2.05, 4.69) is 22.0 Å². The van der Waals surface area contributed by atoms with Crippen LogP contribution in [-0.4, -0.2) is 40.9 Å². The van der Waals surface area contributed by atoms with Crippen LogP contribution in [0.4, 0.5) is 5.13 Å². The number of hydrogen-bond acceptors (Lipinski definition) is 6. The van der Waals surface area contributed by atoms with E-state index in [0.29, 0.717) is 11.2 Å². The Balaban J connectivity index is 1.97. The molecule has 2 heterocycles. The van der Waals surface area contributed by atoms with Crippen molar-refractivity contribution < 1.29 is 4.74 Å². The van der Waals surface area contributed by atoms with Crippen molar-refractivity contribution in [3.63, 3.8) is 0 Å². The fourth-order valence-electron chi connectivity index (χ4n) is 1.78. The summed E-state index contributed by atoms with van der Waals surface area (Å²) in [7, 11) is 0. The molecule has 2 rings (SSSR count). The molecular formula is C9H16N4OS. The number of ether oxygens (including phenoxy) is 1. The van der Waals surface area contributed by atoms with E-state index < -0.39 is 0 Å². The Kier molecular flexibility index (Phi) is 3.50. The molecule has 1 fully saturated rings. The molecule has 0 aliphatic carbocycles. The lowest BCUT2D eigenvalue weighted by molar-refractivity contribution is -0.0128. The molecule has 84 valence electrons. The maximum Gasteiger partial charge on any atom is 0.203 e. The van der Waals surface area contributed by atoms with Gasteiger partial charge in [-0.05, 0) is 6.42 Å². The minimum atomic E-state index is 0.504. The highest BCUT2D eigenvalue weighted by molar-refractivity contribution is 7.15. The van der Waals surface area contributed by atoms with E-state index in [-0.39, 0.29) is 0 Å². The number of anilines is 1. The van der Waals surface area contributed by atoms with Crippen molar-refractivity contribution in [2.75, 3.05) is 25.5 Å². The van der Waals surface area contributed by atoms with Crippen molar-refractivity contribution in [3.8, 4) is 0 Å². The molecular weight excluding hydrogens is 212 g/mol. The fraction of sp³-hybridized carbons (Fsp3) is 0.778. The third-order valence-electron chi connectivity index (χ3n) is 2.64.